The number of anilines is 1. The van der Waals surface area contributed by atoms with E-state index in [1.165, 1.54) is 0 Å². The number of benzene rings is 1. The van der Waals surface area contributed by atoms with Crippen LogP contribution >= 0.6 is 0 Å². The number of fused-ring (bicyclic) bond motifs is 1. The molecule has 1 atom stereocenters. The molecule has 30 heavy (non-hydrogen) atoms. The molecule has 0 bridgehead atoms. The van der Waals surface area contributed by atoms with Crippen molar-refractivity contribution in [3.63, 3.8) is 0 Å². The third-order valence-electron chi connectivity index (χ3n) is 4.99. The molecule has 0 saturated carbocycles. The molecule has 0 unspecified atom stereocenters. The Kier molecular flexibility index (Phi) is 5.37. The molecular formula is C21H25N7O2. The smallest absolute Gasteiger partial charge is 0.351 e. The fourth-order valence-electron chi connectivity index (χ4n) is 3.49. The molecule has 0 aliphatic carbocycles. The molecule has 0 saturated heterocycles. The van der Waals surface area contributed by atoms with E-state index in [4.69, 9.17) is 4.98 Å². The molecular weight excluding hydrogens is 382 g/mol. The van der Waals surface area contributed by atoms with Gasteiger partial charge in [0.15, 0.2) is 17.3 Å². The Morgan fingerprint density at radius 1 is 1.23 bits per heavy atom. The van der Waals surface area contributed by atoms with Crippen LogP contribution in [0.5, 0.6) is 0 Å². The molecule has 0 fully saturated rings. The highest BCUT2D eigenvalue weighted by molar-refractivity contribution is 5.85. The van der Waals surface area contributed by atoms with Crippen LogP contribution in [0.4, 0.5) is 5.82 Å². The standard InChI is InChI=1S/C21H25N7O2/c1-13(9-10-29)22-19-17-20(24-18(23-17)16-11-14(2)26-27(16)3)28(21(30)25-19)12-15-7-5-4-6-8-15/h4-8,11,13,29H,9-10,12H2,1-3H3,(H,23,24)(H,22,25,30)/t13-/m0/s1. The highest BCUT2D eigenvalue weighted by Gasteiger charge is 2.19. The van der Waals surface area contributed by atoms with Gasteiger partial charge < -0.3 is 15.4 Å². The van der Waals surface area contributed by atoms with Crippen LogP contribution in [0.25, 0.3) is 22.7 Å². The lowest BCUT2D eigenvalue weighted by Crippen LogP contribution is -2.27. The van der Waals surface area contributed by atoms with Gasteiger partial charge in [-0.3, -0.25) is 9.25 Å². The van der Waals surface area contributed by atoms with Crippen molar-refractivity contribution in [2.45, 2.75) is 32.9 Å². The SMILES string of the molecule is Cc1cc(-c2nc3c([nH]2)c(N[C@@H](C)CCO)nc(=O)n3Cc2ccccc2)n(C)n1. The molecule has 4 rings (SSSR count). The zero-order valence-corrected chi connectivity index (χ0v) is 17.3. The lowest BCUT2D eigenvalue weighted by atomic mass is 10.2. The van der Waals surface area contributed by atoms with E-state index >= 15 is 0 Å². The maximum atomic E-state index is 12.9. The Bertz CT molecular complexity index is 1220. The van der Waals surface area contributed by atoms with Crippen molar-refractivity contribution in [2.24, 2.45) is 7.05 Å². The number of aliphatic hydroxyl groups excluding tert-OH is 1. The Morgan fingerprint density at radius 2 is 2.00 bits per heavy atom. The van der Waals surface area contributed by atoms with Crippen molar-refractivity contribution in [1.82, 2.24) is 29.3 Å². The minimum Gasteiger partial charge on any atom is -0.396 e. The van der Waals surface area contributed by atoms with Crippen LogP contribution < -0.4 is 11.0 Å². The van der Waals surface area contributed by atoms with Crippen molar-refractivity contribution < 1.29 is 5.11 Å². The van der Waals surface area contributed by atoms with Crippen LogP contribution in [0.3, 0.4) is 0 Å². The third-order valence-corrected chi connectivity index (χ3v) is 4.99. The van der Waals surface area contributed by atoms with Crippen LogP contribution in [0.2, 0.25) is 0 Å². The molecule has 0 amide bonds. The minimum absolute atomic E-state index is 0.0465. The summed E-state index contributed by atoms with van der Waals surface area (Å²) in [5.74, 6) is 1.04. The van der Waals surface area contributed by atoms with Crippen molar-refractivity contribution in [3.05, 3.63) is 58.1 Å². The van der Waals surface area contributed by atoms with Gasteiger partial charge in [-0.05, 0) is 31.9 Å². The number of aromatic amines is 1. The first-order valence-corrected chi connectivity index (χ1v) is 9.89. The number of hydrogen-bond acceptors (Lipinski definition) is 6. The summed E-state index contributed by atoms with van der Waals surface area (Å²) in [6, 6.07) is 11.6. The second-order valence-electron chi connectivity index (χ2n) is 7.45. The molecule has 1 aromatic carbocycles. The number of aromatic nitrogens is 6. The summed E-state index contributed by atoms with van der Waals surface area (Å²) < 4.78 is 3.32. The summed E-state index contributed by atoms with van der Waals surface area (Å²) in [7, 11) is 1.85. The number of nitrogens with one attached hydrogen (secondary N) is 2. The van der Waals surface area contributed by atoms with Gasteiger partial charge in [0.05, 0.1) is 12.2 Å². The highest BCUT2D eigenvalue weighted by Crippen LogP contribution is 2.25. The number of nitrogens with zero attached hydrogens (tertiary/aromatic N) is 5. The molecule has 3 heterocycles. The van der Waals surface area contributed by atoms with Gasteiger partial charge in [-0.15, -0.1) is 0 Å². The van der Waals surface area contributed by atoms with Crippen molar-refractivity contribution in [2.75, 3.05) is 11.9 Å². The van der Waals surface area contributed by atoms with E-state index in [0.717, 1.165) is 17.0 Å². The van der Waals surface area contributed by atoms with E-state index < -0.39 is 0 Å². The quantitative estimate of drug-likeness (QED) is 0.432. The first-order chi connectivity index (χ1) is 14.5. The predicted octanol–water partition coefficient (Wildman–Crippen LogP) is 2.06. The van der Waals surface area contributed by atoms with Crippen LogP contribution in [-0.4, -0.2) is 47.1 Å². The largest absolute Gasteiger partial charge is 0.396 e. The molecule has 0 radical (unpaired) electrons. The Labute approximate surface area is 173 Å². The summed E-state index contributed by atoms with van der Waals surface area (Å²) in [5, 5.41) is 16.8. The van der Waals surface area contributed by atoms with Gasteiger partial charge in [0.2, 0.25) is 0 Å². The maximum absolute atomic E-state index is 12.9. The van der Waals surface area contributed by atoms with Crippen molar-refractivity contribution >= 4 is 17.0 Å². The Morgan fingerprint density at radius 3 is 2.67 bits per heavy atom. The topological polar surface area (TPSA) is 114 Å². The molecule has 4 aromatic rings. The molecule has 9 heteroatoms. The summed E-state index contributed by atoms with van der Waals surface area (Å²) in [6.45, 7) is 4.26. The molecule has 3 aromatic heterocycles. The van der Waals surface area contributed by atoms with Crippen LogP contribution in [0, 0.1) is 6.92 Å². The number of aliphatic hydroxyl groups is 1. The average molecular weight is 407 g/mol. The zero-order valence-electron chi connectivity index (χ0n) is 17.3. The first-order valence-electron chi connectivity index (χ1n) is 9.89. The number of H-pyrrole nitrogens is 1. The molecule has 0 aliphatic rings. The average Bonchev–Trinajstić information content (AvgIpc) is 3.29. The molecule has 3 N–H and O–H groups in total. The summed E-state index contributed by atoms with van der Waals surface area (Å²) in [6.07, 6.45) is 0.540. The predicted molar refractivity (Wildman–Crippen MR) is 115 cm³/mol. The molecule has 156 valence electrons. The second-order valence-corrected chi connectivity index (χ2v) is 7.45. The number of hydrogen-bond donors (Lipinski definition) is 3. The molecule has 0 spiro atoms. The van der Waals surface area contributed by atoms with Gasteiger partial charge in [0, 0.05) is 19.7 Å². The van der Waals surface area contributed by atoms with Gasteiger partial charge >= 0.3 is 5.69 Å². The zero-order chi connectivity index (χ0) is 21.3. The minimum atomic E-state index is -0.385. The summed E-state index contributed by atoms with van der Waals surface area (Å²) >= 11 is 0. The van der Waals surface area contributed by atoms with E-state index in [1.54, 1.807) is 9.25 Å². The Balaban J connectivity index is 1.88. The fourth-order valence-corrected chi connectivity index (χ4v) is 3.49. The van der Waals surface area contributed by atoms with E-state index in [9.17, 15) is 9.90 Å². The number of imidazole rings is 1. The fraction of sp³-hybridized carbons (Fsp3) is 0.333. The van der Waals surface area contributed by atoms with E-state index in [-0.39, 0.29) is 18.3 Å². The first kappa shape index (κ1) is 19.8. The van der Waals surface area contributed by atoms with Crippen LogP contribution in [0.15, 0.2) is 41.2 Å². The van der Waals surface area contributed by atoms with Crippen molar-refractivity contribution in [1.29, 1.82) is 0 Å². The summed E-state index contributed by atoms with van der Waals surface area (Å²) in [5.41, 5.74) is 3.46. The number of rotatable bonds is 7. The monoisotopic (exact) mass is 407 g/mol. The van der Waals surface area contributed by atoms with E-state index in [0.29, 0.717) is 35.8 Å². The van der Waals surface area contributed by atoms with Gasteiger partial charge in [-0.25, -0.2) is 9.78 Å². The summed E-state index contributed by atoms with van der Waals surface area (Å²) in [4.78, 5) is 25.2. The Hall–Kier alpha value is -3.46. The molecule has 9 nitrogen and oxygen atoms in total. The lowest BCUT2D eigenvalue weighted by Gasteiger charge is -2.14. The highest BCUT2D eigenvalue weighted by atomic mass is 16.3. The van der Waals surface area contributed by atoms with Crippen molar-refractivity contribution in [3.8, 4) is 11.5 Å². The molecule has 0 aliphatic heterocycles. The normalized spacial score (nSPS) is 12.4. The maximum Gasteiger partial charge on any atom is 0.351 e. The van der Waals surface area contributed by atoms with E-state index in [1.807, 2.05) is 57.3 Å². The van der Waals surface area contributed by atoms with Gasteiger partial charge in [-0.2, -0.15) is 10.1 Å². The second kappa shape index (κ2) is 8.11. The third kappa shape index (κ3) is 3.84. The van der Waals surface area contributed by atoms with Gasteiger partial charge in [0.1, 0.15) is 11.2 Å². The number of aryl methyl sites for hydroxylation is 2. The van der Waals surface area contributed by atoms with Gasteiger partial charge in [0.25, 0.3) is 0 Å². The van der Waals surface area contributed by atoms with Crippen LogP contribution in [0.1, 0.15) is 24.6 Å². The lowest BCUT2D eigenvalue weighted by molar-refractivity contribution is 0.282. The van der Waals surface area contributed by atoms with Crippen LogP contribution in [-0.2, 0) is 13.6 Å². The van der Waals surface area contributed by atoms with E-state index in [2.05, 4.69) is 20.4 Å². The van der Waals surface area contributed by atoms with Gasteiger partial charge in [-0.1, -0.05) is 30.3 Å².